The van der Waals surface area contributed by atoms with Gasteiger partial charge in [0.05, 0.1) is 0 Å². The minimum absolute atomic E-state index is 0.0169. The molecule has 0 heterocycles. The van der Waals surface area contributed by atoms with Gasteiger partial charge in [-0.1, -0.05) is 13.8 Å². The van der Waals surface area contributed by atoms with E-state index in [1.54, 1.807) is 0 Å². The van der Waals surface area contributed by atoms with Crippen molar-refractivity contribution in [2.45, 2.75) is 33.2 Å². The first-order valence-corrected chi connectivity index (χ1v) is 5.23. The summed E-state index contributed by atoms with van der Waals surface area (Å²) >= 11 is 0. The molecule has 0 aliphatic rings. The van der Waals surface area contributed by atoms with Gasteiger partial charge >= 0.3 is 5.97 Å². The minimum atomic E-state index is -1.09. The maximum Gasteiger partial charge on any atom is 0.312 e. The number of amides is 1. The van der Waals surface area contributed by atoms with Crippen LogP contribution in [0.25, 0.3) is 0 Å². The van der Waals surface area contributed by atoms with E-state index in [-0.39, 0.29) is 6.04 Å². The van der Waals surface area contributed by atoms with Gasteiger partial charge in [-0.2, -0.15) is 0 Å². The van der Waals surface area contributed by atoms with Crippen LogP contribution in [0.2, 0.25) is 0 Å². The fourth-order valence-electron chi connectivity index (χ4n) is 1.38. The van der Waals surface area contributed by atoms with Crippen molar-refractivity contribution >= 4 is 11.9 Å². The Labute approximate surface area is 90.5 Å². The summed E-state index contributed by atoms with van der Waals surface area (Å²) in [6, 6.07) is -0.0169. The van der Waals surface area contributed by atoms with E-state index >= 15 is 0 Å². The van der Waals surface area contributed by atoms with Crippen molar-refractivity contribution in [1.82, 2.24) is 10.2 Å². The quantitative estimate of drug-likeness (QED) is 0.601. The van der Waals surface area contributed by atoms with E-state index in [2.05, 4.69) is 24.1 Å². The van der Waals surface area contributed by atoms with Crippen LogP contribution in [0.5, 0.6) is 0 Å². The van der Waals surface area contributed by atoms with Crippen molar-refractivity contribution in [2.75, 3.05) is 19.6 Å². The highest BCUT2D eigenvalue weighted by atomic mass is 16.4. The Morgan fingerprint density at radius 2 is 1.87 bits per heavy atom. The largest absolute Gasteiger partial charge is 0.481 e. The van der Waals surface area contributed by atoms with E-state index in [1.807, 2.05) is 6.92 Å². The fraction of sp³-hybridized carbons (Fsp3) is 0.800. The van der Waals surface area contributed by atoms with Gasteiger partial charge in [-0.15, -0.1) is 0 Å². The lowest BCUT2D eigenvalue weighted by Gasteiger charge is -2.23. The van der Waals surface area contributed by atoms with Crippen molar-refractivity contribution in [3.63, 3.8) is 0 Å². The molecule has 0 saturated heterocycles. The summed E-state index contributed by atoms with van der Waals surface area (Å²) in [5.74, 6) is -1.52. The Hall–Kier alpha value is -1.10. The summed E-state index contributed by atoms with van der Waals surface area (Å²) < 4.78 is 0. The number of carbonyl (C=O) groups excluding carboxylic acids is 1. The molecule has 0 spiro atoms. The van der Waals surface area contributed by atoms with E-state index in [4.69, 9.17) is 5.11 Å². The summed E-state index contributed by atoms with van der Waals surface area (Å²) in [4.78, 5) is 23.5. The Balaban J connectivity index is 3.86. The van der Waals surface area contributed by atoms with Gasteiger partial charge in [0.25, 0.3) is 0 Å². The molecule has 2 N–H and O–H groups in total. The van der Waals surface area contributed by atoms with E-state index in [9.17, 15) is 9.59 Å². The third kappa shape index (κ3) is 6.90. The SMILES string of the molecule is CCN(CC)CC(C)NC(=O)CC(=O)O. The van der Waals surface area contributed by atoms with Crippen molar-refractivity contribution in [3.8, 4) is 0 Å². The zero-order chi connectivity index (χ0) is 11.8. The maximum absolute atomic E-state index is 11.1. The summed E-state index contributed by atoms with van der Waals surface area (Å²) in [6.07, 6.45) is -0.456. The van der Waals surface area contributed by atoms with Gasteiger partial charge in [0.2, 0.25) is 5.91 Å². The molecule has 0 aromatic carbocycles. The Morgan fingerprint density at radius 3 is 2.27 bits per heavy atom. The molecule has 1 unspecified atom stereocenters. The monoisotopic (exact) mass is 216 g/mol. The lowest BCUT2D eigenvalue weighted by molar-refractivity contribution is -0.140. The molecule has 88 valence electrons. The number of nitrogens with zero attached hydrogens (tertiary/aromatic N) is 1. The second kappa shape index (κ2) is 7.23. The molecule has 0 aliphatic carbocycles. The molecule has 0 bridgehead atoms. The van der Waals surface area contributed by atoms with Crippen molar-refractivity contribution in [1.29, 1.82) is 0 Å². The van der Waals surface area contributed by atoms with Crippen LogP contribution in [0.1, 0.15) is 27.2 Å². The number of hydrogen-bond donors (Lipinski definition) is 2. The zero-order valence-corrected chi connectivity index (χ0v) is 9.62. The second-order valence-electron chi connectivity index (χ2n) is 3.52. The highest BCUT2D eigenvalue weighted by Gasteiger charge is 2.12. The number of hydrogen-bond acceptors (Lipinski definition) is 3. The van der Waals surface area contributed by atoms with Crippen LogP contribution < -0.4 is 5.32 Å². The first kappa shape index (κ1) is 13.9. The van der Waals surface area contributed by atoms with E-state index in [0.29, 0.717) is 0 Å². The molecule has 0 aromatic heterocycles. The number of rotatable bonds is 7. The second-order valence-corrected chi connectivity index (χ2v) is 3.52. The Morgan fingerprint density at radius 1 is 1.33 bits per heavy atom. The van der Waals surface area contributed by atoms with Gasteiger partial charge in [0, 0.05) is 12.6 Å². The molecule has 0 fully saturated rings. The molecular formula is C10H20N2O3. The highest BCUT2D eigenvalue weighted by Crippen LogP contribution is 1.92. The van der Waals surface area contributed by atoms with E-state index in [1.165, 1.54) is 0 Å². The Bertz CT molecular complexity index is 215. The molecule has 1 atom stereocenters. The average molecular weight is 216 g/mol. The number of carboxylic acids is 1. The third-order valence-electron chi connectivity index (χ3n) is 2.15. The standard InChI is InChI=1S/C10H20N2O3/c1-4-12(5-2)7-8(3)11-9(13)6-10(14)15/h8H,4-7H2,1-3H3,(H,11,13)(H,14,15). The molecular weight excluding hydrogens is 196 g/mol. The molecule has 1 amide bonds. The molecule has 0 aliphatic heterocycles. The molecule has 5 heteroatoms. The molecule has 5 nitrogen and oxygen atoms in total. The van der Waals surface area contributed by atoms with Crippen molar-refractivity contribution in [3.05, 3.63) is 0 Å². The maximum atomic E-state index is 11.1. The average Bonchev–Trinajstić information content (AvgIpc) is 2.12. The highest BCUT2D eigenvalue weighted by molar-refractivity contribution is 5.93. The van der Waals surface area contributed by atoms with Gasteiger partial charge in [-0.25, -0.2) is 0 Å². The van der Waals surface area contributed by atoms with Crippen LogP contribution >= 0.6 is 0 Å². The smallest absolute Gasteiger partial charge is 0.312 e. The van der Waals surface area contributed by atoms with Crippen molar-refractivity contribution < 1.29 is 14.7 Å². The lowest BCUT2D eigenvalue weighted by Crippen LogP contribution is -2.42. The summed E-state index contributed by atoms with van der Waals surface area (Å²) in [5, 5.41) is 11.0. The summed E-state index contributed by atoms with van der Waals surface area (Å²) in [7, 11) is 0. The van der Waals surface area contributed by atoms with Crippen LogP contribution in [-0.4, -0.2) is 47.6 Å². The van der Waals surface area contributed by atoms with Gasteiger partial charge in [0.15, 0.2) is 0 Å². The van der Waals surface area contributed by atoms with Crippen LogP contribution in [0.3, 0.4) is 0 Å². The molecule has 0 saturated carbocycles. The van der Waals surface area contributed by atoms with Gasteiger partial charge in [0.1, 0.15) is 6.42 Å². The molecule has 15 heavy (non-hydrogen) atoms. The van der Waals surface area contributed by atoms with E-state index in [0.717, 1.165) is 19.6 Å². The number of aliphatic carboxylic acids is 1. The first-order valence-electron chi connectivity index (χ1n) is 5.23. The number of carbonyl (C=O) groups is 2. The third-order valence-corrected chi connectivity index (χ3v) is 2.15. The molecule has 0 rings (SSSR count). The van der Waals surface area contributed by atoms with E-state index < -0.39 is 18.3 Å². The van der Waals surface area contributed by atoms with Crippen LogP contribution in [0, 0.1) is 0 Å². The van der Waals surface area contributed by atoms with Gasteiger partial charge in [-0.3, -0.25) is 9.59 Å². The molecule has 0 aromatic rings. The first-order chi connectivity index (χ1) is 6.99. The number of likely N-dealkylation sites (N-methyl/N-ethyl adjacent to an activating group) is 1. The lowest BCUT2D eigenvalue weighted by atomic mass is 10.3. The predicted molar refractivity (Wildman–Crippen MR) is 57.6 cm³/mol. The predicted octanol–water partition coefficient (Wildman–Crippen LogP) is 0.308. The summed E-state index contributed by atoms with van der Waals surface area (Å²) in [6.45, 7) is 8.58. The van der Waals surface area contributed by atoms with Crippen LogP contribution in [0.15, 0.2) is 0 Å². The number of carboxylic acid groups (broad SMARTS) is 1. The Kier molecular flexibility index (Phi) is 6.70. The molecule has 0 radical (unpaired) electrons. The normalized spacial score (nSPS) is 12.5. The number of nitrogens with one attached hydrogen (secondary N) is 1. The fourth-order valence-corrected chi connectivity index (χ4v) is 1.38. The van der Waals surface area contributed by atoms with Crippen LogP contribution in [0.4, 0.5) is 0 Å². The van der Waals surface area contributed by atoms with Gasteiger partial charge < -0.3 is 15.3 Å². The van der Waals surface area contributed by atoms with Crippen LogP contribution in [-0.2, 0) is 9.59 Å². The topological polar surface area (TPSA) is 69.6 Å². The zero-order valence-electron chi connectivity index (χ0n) is 9.62. The van der Waals surface area contributed by atoms with Crippen molar-refractivity contribution in [2.24, 2.45) is 0 Å². The minimum Gasteiger partial charge on any atom is -0.481 e. The van der Waals surface area contributed by atoms with Gasteiger partial charge in [-0.05, 0) is 20.0 Å². The summed E-state index contributed by atoms with van der Waals surface area (Å²) in [5.41, 5.74) is 0.